The van der Waals surface area contributed by atoms with Crippen molar-refractivity contribution >= 4 is 5.57 Å². The molecule has 0 radical (unpaired) electrons. The number of halogens is 3. The summed E-state index contributed by atoms with van der Waals surface area (Å²) in [5.41, 5.74) is 3.68. The molecular formula is C24H22F3N3. The van der Waals surface area contributed by atoms with Crippen LogP contribution in [0.3, 0.4) is 0 Å². The summed E-state index contributed by atoms with van der Waals surface area (Å²) in [7, 11) is 0. The highest BCUT2D eigenvalue weighted by Gasteiger charge is 2.22. The Hall–Kier alpha value is -2.99. The van der Waals surface area contributed by atoms with Crippen LogP contribution in [0.4, 0.5) is 13.2 Å². The molecule has 0 saturated heterocycles. The number of hydrogen-bond donors (Lipinski definition) is 0. The monoisotopic (exact) mass is 409 g/mol. The van der Waals surface area contributed by atoms with Gasteiger partial charge in [0.1, 0.15) is 5.69 Å². The third kappa shape index (κ3) is 4.28. The van der Waals surface area contributed by atoms with Crippen LogP contribution < -0.4 is 0 Å². The molecule has 6 heteroatoms. The van der Waals surface area contributed by atoms with Crippen molar-refractivity contribution in [3.63, 3.8) is 0 Å². The minimum Gasteiger partial charge on any atom is -0.299 e. The molecule has 0 unspecified atom stereocenters. The molecule has 0 fully saturated rings. The molecule has 0 aliphatic carbocycles. The van der Waals surface area contributed by atoms with Gasteiger partial charge in [-0.25, -0.2) is 18.2 Å². The Morgan fingerprint density at radius 3 is 2.60 bits per heavy atom. The van der Waals surface area contributed by atoms with E-state index in [0.717, 1.165) is 24.2 Å². The highest BCUT2D eigenvalue weighted by atomic mass is 19.2. The summed E-state index contributed by atoms with van der Waals surface area (Å²) in [6.07, 6.45) is 5.06. The molecule has 2 aromatic heterocycles. The number of benzene rings is 1. The molecule has 30 heavy (non-hydrogen) atoms. The first-order valence-electron chi connectivity index (χ1n) is 9.96. The fraction of sp³-hybridized carbons (Fsp3) is 0.250. The zero-order valence-electron chi connectivity index (χ0n) is 16.7. The fourth-order valence-electron chi connectivity index (χ4n) is 3.67. The van der Waals surface area contributed by atoms with Crippen LogP contribution in [0.2, 0.25) is 0 Å². The van der Waals surface area contributed by atoms with Crippen LogP contribution in [0.15, 0.2) is 54.7 Å². The zero-order chi connectivity index (χ0) is 21.1. The standard InChI is InChI=1S/C24H22F3N3/c1-16-21(25)22(26)23(27)24(29-16)18-9-13-30(14-10-18)12-8-17-5-4-6-19(15-17)20-7-2-3-11-28-20/h2-7,9,11,15H,8,10,12-14H2,1H3. The quantitative estimate of drug-likeness (QED) is 0.580. The average molecular weight is 409 g/mol. The van der Waals surface area contributed by atoms with Gasteiger partial charge in [0.2, 0.25) is 0 Å². The molecule has 3 aromatic rings. The van der Waals surface area contributed by atoms with Gasteiger partial charge in [0.25, 0.3) is 0 Å². The summed E-state index contributed by atoms with van der Waals surface area (Å²) in [6, 6.07) is 14.2. The Bertz CT molecular complexity index is 1080. The number of rotatable bonds is 5. The third-order valence-corrected chi connectivity index (χ3v) is 5.39. The second-order valence-corrected chi connectivity index (χ2v) is 7.43. The second kappa shape index (κ2) is 8.79. The van der Waals surface area contributed by atoms with Crippen molar-refractivity contribution < 1.29 is 13.2 Å². The van der Waals surface area contributed by atoms with Gasteiger partial charge < -0.3 is 0 Å². The smallest absolute Gasteiger partial charge is 0.198 e. The van der Waals surface area contributed by atoms with E-state index < -0.39 is 17.5 Å². The first-order valence-corrected chi connectivity index (χ1v) is 9.96. The molecule has 1 aromatic carbocycles. The van der Waals surface area contributed by atoms with Crippen LogP contribution in [0.1, 0.15) is 23.4 Å². The molecule has 0 atom stereocenters. The molecule has 0 N–H and O–H groups in total. The van der Waals surface area contributed by atoms with Crippen molar-refractivity contribution in [2.45, 2.75) is 19.8 Å². The van der Waals surface area contributed by atoms with Crippen molar-refractivity contribution in [1.82, 2.24) is 14.9 Å². The van der Waals surface area contributed by atoms with E-state index in [9.17, 15) is 13.2 Å². The van der Waals surface area contributed by atoms with Gasteiger partial charge in [0.15, 0.2) is 17.5 Å². The number of aromatic nitrogens is 2. The average Bonchev–Trinajstić information content (AvgIpc) is 2.80. The van der Waals surface area contributed by atoms with Crippen LogP contribution in [0.25, 0.3) is 16.8 Å². The van der Waals surface area contributed by atoms with Gasteiger partial charge in [-0.05, 0) is 49.1 Å². The summed E-state index contributed by atoms with van der Waals surface area (Å²) in [6.45, 7) is 3.53. The van der Waals surface area contributed by atoms with Crippen molar-refractivity contribution in [2.24, 2.45) is 0 Å². The van der Waals surface area contributed by atoms with E-state index in [1.807, 2.05) is 36.4 Å². The van der Waals surface area contributed by atoms with Crippen LogP contribution in [-0.4, -0.2) is 34.5 Å². The first-order chi connectivity index (χ1) is 14.5. The number of hydrogen-bond acceptors (Lipinski definition) is 3. The predicted octanol–water partition coefficient (Wildman–Crippen LogP) is 5.20. The minimum absolute atomic E-state index is 0.0749. The highest BCUT2D eigenvalue weighted by Crippen LogP contribution is 2.27. The van der Waals surface area contributed by atoms with E-state index in [1.54, 1.807) is 6.20 Å². The maximum absolute atomic E-state index is 14.1. The molecule has 4 rings (SSSR count). The molecule has 0 amide bonds. The maximum Gasteiger partial charge on any atom is 0.198 e. The Labute approximate surface area is 173 Å². The minimum atomic E-state index is -1.45. The normalized spacial score (nSPS) is 14.6. The summed E-state index contributed by atoms with van der Waals surface area (Å²) >= 11 is 0. The summed E-state index contributed by atoms with van der Waals surface area (Å²) < 4.78 is 41.3. The van der Waals surface area contributed by atoms with Crippen LogP contribution in [0.5, 0.6) is 0 Å². The summed E-state index contributed by atoms with van der Waals surface area (Å²) in [4.78, 5) is 10.6. The summed E-state index contributed by atoms with van der Waals surface area (Å²) in [5.74, 6) is -3.88. The highest BCUT2D eigenvalue weighted by molar-refractivity contribution is 5.64. The topological polar surface area (TPSA) is 29.0 Å². The number of nitrogens with zero attached hydrogens (tertiary/aromatic N) is 3. The van der Waals surface area contributed by atoms with Crippen molar-refractivity contribution in [2.75, 3.05) is 19.6 Å². The van der Waals surface area contributed by atoms with E-state index in [0.29, 0.717) is 25.1 Å². The molecule has 0 saturated carbocycles. The Morgan fingerprint density at radius 1 is 1.00 bits per heavy atom. The Balaban J connectivity index is 1.41. The predicted molar refractivity (Wildman–Crippen MR) is 111 cm³/mol. The molecule has 154 valence electrons. The lowest BCUT2D eigenvalue weighted by molar-refractivity contribution is 0.305. The van der Waals surface area contributed by atoms with E-state index in [4.69, 9.17) is 0 Å². The van der Waals surface area contributed by atoms with Crippen LogP contribution in [-0.2, 0) is 6.42 Å². The lowest BCUT2D eigenvalue weighted by atomic mass is 10.0. The van der Waals surface area contributed by atoms with Gasteiger partial charge >= 0.3 is 0 Å². The van der Waals surface area contributed by atoms with Gasteiger partial charge in [0, 0.05) is 31.4 Å². The lowest BCUT2D eigenvalue weighted by Crippen LogP contribution is -2.30. The zero-order valence-corrected chi connectivity index (χ0v) is 16.7. The maximum atomic E-state index is 14.1. The van der Waals surface area contributed by atoms with Crippen LogP contribution in [0, 0.1) is 24.4 Å². The van der Waals surface area contributed by atoms with E-state index in [2.05, 4.69) is 27.0 Å². The lowest BCUT2D eigenvalue weighted by Gasteiger charge is -2.26. The fourth-order valence-corrected chi connectivity index (χ4v) is 3.67. The molecule has 0 bridgehead atoms. The molecule has 1 aliphatic rings. The van der Waals surface area contributed by atoms with Crippen molar-refractivity contribution in [3.8, 4) is 11.3 Å². The van der Waals surface area contributed by atoms with Crippen LogP contribution >= 0.6 is 0 Å². The van der Waals surface area contributed by atoms with Gasteiger partial charge in [-0.15, -0.1) is 0 Å². The number of pyridine rings is 2. The largest absolute Gasteiger partial charge is 0.299 e. The molecule has 3 heterocycles. The first kappa shape index (κ1) is 20.3. The van der Waals surface area contributed by atoms with Gasteiger partial charge in [-0.2, -0.15) is 0 Å². The summed E-state index contributed by atoms with van der Waals surface area (Å²) in [5, 5.41) is 0. The molecule has 0 spiro atoms. The van der Waals surface area contributed by atoms with E-state index >= 15 is 0 Å². The van der Waals surface area contributed by atoms with E-state index in [1.165, 1.54) is 12.5 Å². The van der Waals surface area contributed by atoms with Crippen molar-refractivity contribution in [3.05, 3.63) is 89.1 Å². The third-order valence-electron chi connectivity index (χ3n) is 5.39. The van der Waals surface area contributed by atoms with Gasteiger partial charge in [-0.1, -0.05) is 30.3 Å². The SMILES string of the molecule is Cc1nc(C2=CCN(CCc3cccc(-c4ccccn4)c3)CC2)c(F)c(F)c1F. The Kier molecular flexibility index (Phi) is 5.95. The molecule has 3 nitrogen and oxygen atoms in total. The van der Waals surface area contributed by atoms with Gasteiger partial charge in [0.05, 0.1) is 11.4 Å². The molecular weight excluding hydrogens is 387 g/mol. The van der Waals surface area contributed by atoms with E-state index in [-0.39, 0.29) is 11.4 Å². The molecule has 1 aliphatic heterocycles. The van der Waals surface area contributed by atoms with Gasteiger partial charge in [-0.3, -0.25) is 9.88 Å². The number of aryl methyl sites for hydroxylation is 1. The Morgan fingerprint density at radius 2 is 1.87 bits per heavy atom. The second-order valence-electron chi connectivity index (χ2n) is 7.43. The van der Waals surface area contributed by atoms with Crippen molar-refractivity contribution in [1.29, 1.82) is 0 Å².